The van der Waals surface area contributed by atoms with Crippen molar-refractivity contribution in [3.8, 4) is 0 Å². The lowest BCUT2D eigenvalue weighted by atomic mass is 10.2. The zero-order valence-electron chi connectivity index (χ0n) is 11.2. The van der Waals surface area contributed by atoms with E-state index in [-0.39, 0.29) is 0 Å². The zero-order valence-corrected chi connectivity index (χ0v) is 11.2. The van der Waals surface area contributed by atoms with Gasteiger partial charge < -0.3 is 14.2 Å². The van der Waals surface area contributed by atoms with Crippen LogP contribution in [0.5, 0.6) is 0 Å². The van der Waals surface area contributed by atoms with E-state index in [9.17, 15) is 0 Å². The molecule has 0 aliphatic heterocycles. The standard InChI is InChI=1S/C14H20N2O2/c1-11-6-13(18-14(11)7-15-2)9-16(3)8-12-4-5-17-10-12/h4-6,10,15H,7-9H2,1-3H3. The normalized spacial score (nSPS) is 11.3. The molecule has 0 aliphatic carbocycles. The first kappa shape index (κ1) is 12.9. The van der Waals surface area contributed by atoms with Crippen LogP contribution in [0.4, 0.5) is 0 Å². The van der Waals surface area contributed by atoms with Crippen molar-refractivity contribution in [3.05, 3.63) is 47.3 Å². The summed E-state index contributed by atoms with van der Waals surface area (Å²) in [5, 5.41) is 3.11. The number of rotatable bonds is 6. The number of furan rings is 2. The molecule has 0 bridgehead atoms. The van der Waals surface area contributed by atoms with Gasteiger partial charge in [0.05, 0.1) is 25.6 Å². The number of nitrogens with one attached hydrogen (secondary N) is 1. The number of nitrogens with zero attached hydrogens (tertiary/aromatic N) is 1. The molecule has 98 valence electrons. The second-order valence-corrected chi connectivity index (χ2v) is 4.65. The molecule has 0 aromatic carbocycles. The molecule has 4 heteroatoms. The van der Waals surface area contributed by atoms with Crippen molar-refractivity contribution in [3.63, 3.8) is 0 Å². The Hall–Kier alpha value is -1.52. The zero-order chi connectivity index (χ0) is 13.0. The fourth-order valence-electron chi connectivity index (χ4n) is 2.02. The molecule has 0 unspecified atom stereocenters. The van der Waals surface area contributed by atoms with Crippen molar-refractivity contribution >= 4 is 0 Å². The SMILES string of the molecule is CNCc1oc(CN(C)Cc2ccoc2)cc1C. The monoisotopic (exact) mass is 248 g/mol. The topological polar surface area (TPSA) is 41.6 Å². The summed E-state index contributed by atoms with van der Waals surface area (Å²) >= 11 is 0. The van der Waals surface area contributed by atoms with Gasteiger partial charge in [-0.15, -0.1) is 0 Å². The van der Waals surface area contributed by atoms with E-state index in [0.717, 1.165) is 31.2 Å². The van der Waals surface area contributed by atoms with Crippen molar-refractivity contribution in [2.45, 2.75) is 26.6 Å². The third-order valence-corrected chi connectivity index (χ3v) is 2.87. The maximum Gasteiger partial charge on any atom is 0.120 e. The highest BCUT2D eigenvalue weighted by atomic mass is 16.3. The molecule has 0 radical (unpaired) electrons. The van der Waals surface area contributed by atoms with Crippen LogP contribution in [-0.2, 0) is 19.6 Å². The summed E-state index contributed by atoms with van der Waals surface area (Å²) in [7, 11) is 4.00. The molecule has 0 spiro atoms. The summed E-state index contributed by atoms with van der Waals surface area (Å²) in [6.07, 6.45) is 3.47. The Bertz CT molecular complexity index is 474. The quantitative estimate of drug-likeness (QED) is 0.853. The molecule has 0 fully saturated rings. The van der Waals surface area contributed by atoms with E-state index < -0.39 is 0 Å². The Morgan fingerprint density at radius 1 is 1.33 bits per heavy atom. The van der Waals surface area contributed by atoms with Crippen LogP contribution in [0.1, 0.15) is 22.6 Å². The highest BCUT2D eigenvalue weighted by Crippen LogP contribution is 2.16. The summed E-state index contributed by atoms with van der Waals surface area (Å²) < 4.78 is 10.9. The van der Waals surface area contributed by atoms with Gasteiger partial charge in [-0.3, -0.25) is 4.90 Å². The van der Waals surface area contributed by atoms with E-state index >= 15 is 0 Å². The molecule has 2 aromatic rings. The molecule has 0 atom stereocenters. The first-order valence-electron chi connectivity index (χ1n) is 6.11. The van der Waals surface area contributed by atoms with E-state index in [2.05, 4.69) is 30.3 Å². The summed E-state index contributed by atoms with van der Waals surface area (Å²) in [6.45, 7) is 4.51. The molecule has 2 heterocycles. The van der Waals surface area contributed by atoms with E-state index in [1.807, 2.05) is 13.1 Å². The highest BCUT2D eigenvalue weighted by Gasteiger charge is 2.09. The first-order valence-corrected chi connectivity index (χ1v) is 6.11. The summed E-state index contributed by atoms with van der Waals surface area (Å²) in [5.41, 5.74) is 2.38. The summed E-state index contributed by atoms with van der Waals surface area (Å²) in [4.78, 5) is 2.20. The lowest BCUT2D eigenvalue weighted by Gasteiger charge is -2.13. The molecule has 0 saturated heterocycles. The number of hydrogen-bond acceptors (Lipinski definition) is 4. The van der Waals surface area contributed by atoms with Crippen molar-refractivity contribution in [2.24, 2.45) is 0 Å². The van der Waals surface area contributed by atoms with Crippen LogP contribution in [0.15, 0.2) is 33.5 Å². The van der Waals surface area contributed by atoms with E-state index in [1.54, 1.807) is 12.5 Å². The molecule has 18 heavy (non-hydrogen) atoms. The van der Waals surface area contributed by atoms with Gasteiger partial charge in [-0.25, -0.2) is 0 Å². The van der Waals surface area contributed by atoms with Gasteiger partial charge in [-0.2, -0.15) is 0 Å². The van der Waals surface area contributed by atoms with E-state index in [4.69, 9.17) is 8.83 Å². The minimum absolute atomic E-state index is 0.775. The second-order valence-electron chi connectivity index (χ2n) is 4.65. The highest BCUT2D eigenvalue weighted by molar-refractivity contribution is 5.20. The first-order chi connectivity index (χ1) is 8.69. The molecule has 0 amide bonds. The molecule has 2 aromatic heterocycles. The third kappa shape index (κ3) is 3.24. The third-order valence-electron chi connectivity index (χ3n) is 2.87. The Morgan fingerprint density at radius 3 is 2.83 bits per heavy atom. The van der Waals surface area contributed by atoms with Gasteiger partial charge in [0.1, 0.15) is 11.5 Å². The fraction of sp³-hybridized carbons (Fsp3) is 0.429. The van der Waals surface area contributed by atoms with Crippen molar-refractivity contribution in [2.75, 3.05) is 14.1 Å². The van der Waals surface area contributed by atoms with Crippen LogP contribution in [0.2, 0.25) is 0 Å². The maximum absolute atomic E-state index is 5.82. The Kier molecular flexibility index (Phi) is 4.23. The Morgan fingerprint density at radius 2 is 2.17 bits per heavy atom. The molecule has 1 N–H and O–H groups in total. The minimum Gasteiger partial charge on any atom is -0.472 e. The van der Waals surface area contributed by atoms with Crippen LogP contribution in [0.3, 0.4) is 0 Å². The average Bonchev–Trinajstić information content (AvgIpc) is 2.90. The van der Waals surface area contributed by atoms with Gasteiger partial charge >= 0.3 is 0 Å². The summed E-state index contributed by atoms with van der Waals surface area (Å²) in [5.74, 6) is 2.02. The number of hydrogen-bond donors (Lipinski definition) is 1. The van der Waals surface area contributed by atoms with Gasteiger partial charge in [0.2, 0.25) is 0 Å². The van der Waals surface area contributed by atoms with Gasteiger partial charge in [0, 0.05) is 12.1 Å². The largest absolute Gasteiger partial charge is 0.472 e. The fourth-order valence-corrected chi connectivity index (χ4v) is 2.02. The molecule has 2 rings (SSSR count). The lowest BCUT2D eigenvalue weighted by molar-refractivity contribution is 0.282. The minimum atomic E-state index is 0.775. The predicted octanol–water partition coefficient (Wildman–Crippen LogP) is 2.53. The average molecular weight is 248 g/mol. The van der Waals surface area contributed by atoms with Gasteiger partial charge in [-0.1, -0.05) is 0 Å². The lowest BCUT2D eigenvalue weighted by Crippen LogP contribution is -2.16. The van der Waals surface area contributed by atoms with Gasteiger partial charge in [-0.05, 0) is 38.7 Å². The number of aryl methyl sites for hydroxylation is 1. The van der Waals surface area contributed by atoms with Gasteiger partial charge in [0.15, 0.2) is 0 Å². The van der Waals surface area contributed by atoms with E-state index in [1.165, 1.54) is 11.1 Å². The molecule has 4 nitrogen and oxygen atoms in total. The Balaban J connectivity index is 1.94. The summed E-state index contributed by atoms with van der Waals surface area (Å²) in [6, 6.07) is 4.09. The molecule has 0 saturated carbocycles. The van der Waals surface area contributed by atoms with Crippen molar-refractivity contribution < 1.29 is 8.83 Å². The maximum atomic E-state index is 5.82. The predicted molar refractivity (Wildman–Crippen MR) is 70.1 cm³/mol. The van der Waals surface area contributed by atoms with Crippen LogP contribution < -0.4 is 5.32 Å². The molecular weight excluding hydrogens is 228 g/mol. The van der Waals surface area contributed by atoms with Gasteiger partial charge in [0.25, 0.3) is 0 Å². The Labute approximate surface area is 108 Å². The van der Waals surface area contributed by atoms with Crippen molar-refractivity contribution in [1.82, 2.24) is 10.2 Å². The molecular formula is C14H20N2O2. The van der Waals surface area contributed by atoms with Crippen LogP contribution in [0, 0.1) is 6.92 Å². The van der Waals surface area contributed by atoms with Crippen LogP contribution >= 0.6 is 0 Å². The smallest absolute Gasteiger partial charge is 0.120 e. The van der Waals surface area contributed by atoms with Crippen LogP contribution in [0.25, 0.3) is 0 Å². The van der Waals surface area contributed by atoms with Crippen molar-refractivity contribution in [1.29, 1.82) is 0 Å². The second kappa shape index (κ2) is 5.89. The van der Waals surface area contributed by atoms with E-state index in [0.29, 0.717) is 0 Å². The van der Waals surface area contributed by atoms with Crippen LogP contribution in [-0.4, -0.2) is 19.0 Å². The molecule has 0 aliphatic rings.